The predicted molar refractivity (Wildman–Crippen MR) is 77.2 cm³/mol. The molecule has 0 radical (unpaired) electrons. The van der Waals surface area contributed by atoms with Crippen molar-refractivity contribution in [3.63, 3.8) is 0 Å². The maximum Gasteiger partial charge on any atom is 0.242 e. The van der Waals surface area contributed by atoms with Gasteiger partial charge < -0.3 is 15.5 Å². The van der Waals surface area contributed by atoms with E-state index < -0.39 is 0 Å². The summed E-state index contributed by atoms with van der Waals surface area (Å²) in [5.41, 5.74) is 2.05. The van der Waals surface area contributed by atoms with E-state index in [9.17, 15) is 4.79 Å². The van der Waals surface area contributed by atoms with Crippen LogP contribution in [-0.2, 0) is 4.79 Å². The molecule has 1 aromatic rings. The van der Waals surface area contributed by atoms with Crippen LogP contribution >= 0.6 is 0 Å². The zero-order valence-corrected chi connectivity index (χ0v) is 11.7. The highest BCUT2D eigenvalue weighted by atomic mass is 16.2. The largest absolute Gasteiger partial charge is 0.376 e. The second kappa shape index (κ2) is 6.89. The van der Waals surface area contributed by atoms with Gasteiger partial charge in [-0.15, -0.1) is 0 Å². The second-order valence-corrected chi connectivity index (χ2v) is 4.57. The summed E-state index contributed by atoms with van der Waals surface area (Å²) in [4.78, 5) is 13.8. The molecule has 0 aromatic heterocycles. The van der Waals surface area contributed by atoms with Crippen LogP contribution < -0.4 is 15.5 Å². The van der Waals surface area contributed by atoms with E-state index in [4.69, 9.17) is 0 Å². The van der Waals surface area contributed by atoms with Crippen molar-refractivity contribution < 1.29 is 4.79 Å². The first-order valence-electron chi connectivity index (χ1n) is 6.36. The normalized spacial score (nSPS) is 11.8. The smallest absolute Gasteiger partial charge is 0.242 e. The molecule has 100 valence electrons. The molecule has 0 aliphatic heterocycles. The third-order valence-corrected chi connectivity index (χ3v) is 2.70. The molecule has 1 aromatic carbocycles. The Balaban J connectivity index is 2.69. The van der Waals surface area contributed by atoms with Crippen LogP contribution in [0.3, 0.4) is 0 Å². The molecule has 18 heavy (non-hydrogen) atoms. The first kappa shape index (κ1) is 14.4. The SMILES string of the molecule is CCCNC(=O)C(C)Nc1ccccc1N(C)C. The van der Waals surface area contributed by atoms with Gasteiger partial charge >= 0.3 is 0 Å². The molecule has 1 atom stereocenters. The molecule has 0 saturated heterocycles. The Bertz CT molecular complexity index is 390. The molecule has 2 N–H and O–H groups in total. The van der Waals surface area contributed by atoms with Gasteiger partial charge in [-0.05, 0) is 25.5 Å². The topological polar surface area (TPSA) is 44.4 Å². The molecule has 0 bridgehead atoms. The lowest BCUT2D eigenvalue weighted by Gasteiger charge is -2.21. The first-order chi connectivity index (χ1) is 8.56. The molecule has 4 heteroatoms. The number of anilines is 2. The highest BCUT2D eigenvalue weighted by Gasteiger charge is 2.13. The summed E-state index contributed by atoms with van der Waals surface area (Å²) in [5, 5.41) is 6.13. The first-order valence-corrected chi connectivity index (χ1v) is 6.36. The second-order valence-electron chi connectivity index (χ2n) is 4.57. The minimum absolute atomic E-state index is 0.0328. The van der Waals surface area contributed by atoms with Crippen molar-refractivity contribution in [3.05, 3.63) is 24.3 Å². The fourth-order valence-corrected chi connectivity index (χ4v) is 1.69. The van der Waals surface area contributed by atoms with Gasteiger partial charge in [0.15, 0.2) is 0 Å². The van der Waals surface area contributed by atoms with E-state index in [-0.39, 0.29) is 11.9 Å². The van der Waals surface area contributed by atoms with E-state index in [1.54, 1.807) is 0 Å². The highest BCUT2D eigenvalue weighted by Crippen LogP contribution is 2.23. The standard InChI is InChI=1S/C14H23N3O/c1-5-10-15-14(18)11(2)16-12-8-6-7-9-13(12)17(3)4/h6-9,11,16H,5,10H2,1-4H3,(H,15,18). The van der Waals surface area contributed by atoms with Gasteiger partial charge in [-0.25, -0.2) is 0 Å². The maximum atomic E-state index is 11.8. The number of rotatable bonds is 6. The zero-order valence-electron chi connectivity index (χ0n) is 11.7. The Morgan fingerprint density at radius 3 is 2.61 bits per heavy atom. The Morgan fingerprint density at radius 1 is 1.33 bits per heavy atom. The lowest BCUT2D eigenvalue weighted by atomic mass is 10.2. The van der Waals surface area contributed by atoms with Gasteiger partial charge in [-0.2, -0.15) is 0 Å². The van der Waals surface area contributed by atoms with E-state index in [2.05, 4.69) is 10.6 Å². The minimum Gasteiger partial charge on any atom is -0.376 e. The quantitative estimate of drug-likeness (QED) is 0.811. The third-order valence-electron chi connectivity index (χ3n) is 2.70. The average Bonchev–Trinajstić information content (AvgIpc) is 2.36. The van der Waals surface area contributed by atoms with Gasteiger partial charge in [0.25, 0.3) is 0 Å². The number of nitrogens with zero attached hydrogens (tertiary/aromatic N) is 1. The maximum absolute atomic E-state index is 11.8. The fourth-order valence-electron chi connectivity index (χ4n) is 1.69. The summed E-state index contributed by atoms with van der Waals surface area (Å²) >= 11 is 0. The van der Waals surface area contributed by atoms with Crippen molar-refractivity contribution in [2.75, 3.05) is 30.9 Å². The van der Waals surface area contributed by atoms with Crippen molar-refractivity contribution in [3.8, 4) is 0 Å². The van der Waals surface area contributed by atoms with Gasteiger partial charge in [0.1, 0.15) is 6.04 Å². The van der Waals surface area contributed by atoms with E-state index in [0.717, 1.165) is 24.3 Å². The summed E-state index contributed by atoms with van der Waals surface area (Å²) < 4.78 is 0. The highest BCUT2D eigenvalue weighted by molar-refractivity contribution is 5.85. The van der Waals surface area contributed by atoms with Crippen LogP contribution in [0.25, 0.3) is 0 Å². The molecule has 0 saturated carbocycles. The molecule has 1 rings (SSSR count). The monoisotopic (exact) mass is 249 g/mol. The molecule has 0 fully saturated rings. The Labute approximate surface area is 109 Å². The number of hydrogen-bond donors (Lipinski definition) is 2. The number of carbonyl (C=O) groups is 1. The summed E-state index contributed by atoms with van der Waals surface area (Å²) in [7, 11) is 3.98. The van der Waals surface area contributed by atoms with Crippen LogP contribution in [0.4, 0.5) is 11.4 Å². The van der Waals surface area contributed by atoms with Gasteiger partial charge in [0, 0.05) is 20.6 Å². The van der Waals surface area contributed by atoms with E-state index in [0.29, 0.717) is 0 Å². The van der Waals surface area contributed by atoms with Gasteiger partial charge in [-0.1, -0.05) is 19.1 Å². The van der Waals surface area contributed by atoms with Crippen LogP contribution in [0.1, 0.15) is 20.3 Å². The van der Waals surface area contributed by atoms with Gasteiger partial charge in [0.05, 0.1) is 11.4 Å². The average molecular weight is 249 g/mol. The lowest BCUT2D eigenvalue weighted by molar-refractivity contribution is -0.121. The summed E-state index contributed by atoms with van der Waals surface area (Å²) in [5.74, 6) is 0.0328. The van der Waals surface area contributed by atoms with Crippen LogP contribution in [0, 0.1) is 0 Å². The lowest BCUT2D eigenvalue weighted by Crippen LogP contribution is -2.38. The Hall–Kier alpha value is -1.71. The van der Waals surface area contributed by atoms with E-state index >= 15 is 0 Å². The summed E-state index contributed by atoms with van der Waals surface area (Å²) in [6.45, 7) is 4.64. The molecular formula is C14H23N3O. The molecule has 0 heterocycles. The number of hydrogen-bond acceptors (Lipinski definition) is 3. The van der Waals surface area contributed by atoms with Crippen molar-refractivity contribution in [1.29, 1.82) is 0 Å². The molecule has 0 aliphatic rings. The number of benzene rings is 1. The summed E-state index contributed by atoms with van der Waals surface area (Å²) in [6.07, 6.45) is 0.951. The molecule has 0 spiro atoms. The van der Waals surface area contributed by atoms with Crippen molar-refractivity contribution in [2.45, 2.75) is 26.3 Å². The molecule has 1 unspecified atom stereocenters. The Kier molecular flexibility index (Phi) is 5.49. The van der Waals surface area contributed by atoms with Crippen LogP contribution in [0.2, 0.25) is 0 Å². The van der Waals surface area contributed by atoms with Crippen molar-refractivity contribution in [2.24, 2.45) is 0 Å². The van der Waals surface area contributed by atoms with Crippen LogP contribution in [-0.4, -0.2) is 32.6 Å². The van der Waals surface area contributed by atoms with Crippen molar-refractivity contribution >= 4 is 17.3 Å². The van der Waals surface area contributed by atoms with Crippen LogP contribution in [0.5, 0.6) is 0 Å². The van der Waals surface area contributed by atoms with E-state index in [1.165, 1.54) is 0 Å². The molecule has 4 nitrogen and oxygen atoms in total. The van der Waals surface area contributed by atoms with E-state index in [1.807, 2.05) is 57.1 Å². The fraction of sp³-hybridized carbons (Fsp3) is 0.500. The Morgan fingerprint density at radius 2 is 2.00 bits per heavy atom. The molecule has 1 amide bonds. The minimum atomic E-state index is -0.238. The molecular weight excluding hydrogens is 226 g/mol. The molecule has 0 aliphatic carbocycles. The predicted octanol–water partition coefficient (Wildman–Crippen LogP) is 2.08. The number of amides is 1. The van der Waals surface area contributed by atoms with Crippen LogP contribution in [0.15, 0.2) is 24.3 Å². The van der Waals surface area contributed by atoms with Crippen molar-refractivity contribution in [1.82, 2.24) is 5.32 Å². The summed E-state index contributed by atoms with van der Waals surface area (Å²) in [6, 6.07) is 7.73. The number of carbonyl (C=O) groups excluding carboxylic acids is 1. The zero-order chi connectivity index (χ0) is 13.5. The third kappa shape index (κ3) is 3.95. The van der Waals surface area contributed by atoms with Gasteiger partial charge in [0.2, 0.25) is 5.91 Å². The van der Waals surface area contributed by atoms with Gasteiger partial charge in [-0.3, -0.25) is 4.79 Å². The number of para-hydroxylation sites is 2. The number of nitrogens with one attached hydrogen (secondary N) is 2.